The molecule has 4 nitrogen and oxygen atoms in total. The molecule has 0 aromatic heterocycles. The first kappa shape index (κ1) is 66.5. The Morgan fingerprint density at radius 3 is 0.772 bits per heavy atom. The minimum Gasteiger partial charge on any atom is -0.478 e. The minimum atomic E-state index is -9.07. The lowest BCUT2D eigenvalue weighted by Crippen LogP contribution is -2.74. The lowest BCUT2D eigenvalue weighted by molar-refractivity contribution is -0.461. The van der Waals surface area contributed by atoms with Crippen LogP contribution in [-0.4, -0.2) is 120 Å². The van der Waals surface area contributed by atoms with E-state index in [9.17, 15) is 132 Å². The van der Waals surface area contributed by atoms with Crippen molar-refractivity contribution in [1.29, 1.82) is 0 Å². The summed E-state index contributed by atoms with van der Waals surface area (Å²) in [7, 11) is 0. The number of ether oxygens (including phenoxy) is 2. The lowest BCUT2D eigenvalue weighted by atomic mass is 9.76. The molecule has 2 aromatic carbocycles. The molecule has 2 aromatic rings. The summed E-state index contributed by atoms with van der Waals surface area (Å²) in [5, 5.41) is 0. The fourth-order valence-electron chi connectivity index (χ4n) is 7.54. The second-order valence-corrected chi connectivity index (χ2v) is 17.4. The molecule has 452 valence electrons. The van der Waals surface area contributed by atoms with Crippen molar-refractivity contribution in [2.45, 2.75) is 146 Å². The van der Waals surface area contributed by atoms with Gasteiger partial charge in [-0.1, -0.05) is 60.7 Å². The van der Waals surface area contributed by atoms with E-state index in [1.165, 1.54) is 60.7 Å². The monoisotopic (exact) mass is 1230 g/mol. The zero-order chi connectivity index (χ0) is 61.5. The Labute approximate surface area is 417 Å². The van der Waals surface area contributed by atoms with Crippen LogP contribution in [0.3, 0.4) is 0 Å². The number of hydrogen-bond acceptors (Lipinski definition) is 4. The molecule has 2 heterocycles. The van der Waals surface area contributed by atoms with Crippen LogP contribution in [0.2, 0.25) is 0 Å². The molecule has 0 fully saturated rings. The predicted molar refractivity (Wildman–Crippen MR) is 197 cm³/mol. The van der Waals surface area contributed by atoms with Gasteiger partial charge in [-0.05, 0) is 36.8 Å². The molecular weight excluding hydrogens is 1200 g/mol. The highest BCUT2D eigenvalue weighted by molar-refractivity contribution is 6.06. The predicted octanol–water partition coefficient (Wildman–Crippen LogP) is 16.7. The van der Waals surface area contributed by atoms with Gasteiger partial charge in [0.1, 0.15) is 30.7 Å². The number of halogens is 34. The van der Waals surface area contributed by atoms with Gasteiger partial charge in [-0.25, -0.2) is 9.98 Å². The zero-order valence-corrected chi connectivity index (χ0v) is 37.6. The molecule has 38 heteroatoms. The van der Waals surface area contributed by atoms with E-state index < -0.39 is 176 Å². The van der Waals surface area contributed by atoms with Gasteiger partial charge in [-0.15, -0.1) is 0 Å². The van der Waals surface area contributed by atoms with Gasteiger partial charge in [0.25, 0.3) is 0 Å². The molecule has 0 N–H and O–H groups in total. The molecular formula is C41H28F34N2O2. The van der Waals surface area contributed by atoms with Gasteiger partial charge >= 0.3 is 95.3 Å². The van der Waals surface area contributed by atoms with Crippen molar-refractivity contribution < 1.29 is 159 Å². The van der Waals surface area contributed by atoms with Crippen molar-refractivity contribution in [1.82, 2.24) is 0 Å². The van der Waals surface area contributed by atoms with Crippen molar-refractivity contribution in [2.75, 3.05) is 13.2 Å². The van der Waals surface area contributed by atoms with Gasteiger partial charge in [0.2, 0.25) is 0 Å². The molecule has 0 aliphatic carbocycles. The van der Waals surface area contributed by atoms with Gasteiger partial charge in [-0.3, -0.25) is 0 Å². The van der Waals surface area contributed by atoms with E-state index in [1.54, 1.807) is 0 Å². The number of aliphatic imine (C=N–C) groups is 2. The van der Waals surface area contributed by atoms with Crippen LogP contribution < -0.4 is 0 Å². The number of nitrogens with zero attached hydrogens (tertiary/aromatic N) is 2. The van der Waals surface area contributed by atoms with E-state index >= 15 is 17.6 Å². The molecule has 0 saturated heterocycles. The summed E-state index contributed by atoms with van der Waals surface area (Å²) in [6, 6.07) is 9.35. The zero-order valence-electron chi connectivity index (χ0n) is 37.6. The largest absolute Gasteiger partial charge is 0.478 e. The standard InChI is InChI=1S/C41H28F34N2O2/c42-26(43,28(46,47)30(50,51)32(54,55)34(58,59)36(62,63)38(66,67)40(70,71)72)15-7-13-25(23-76-21(17-78-23)19-9-3-1-4-10-19,24-77-22(18-79-24)20-11-5-2-6-12-20)14-8-16-27(44,45)29(48,49)31(52,53)33(56,57)35(60,61)37(64,65)39(68,69)41(73,74)75/h1-6,9-12,21-22H,7-8,13-18H2/t21-,22-/m0/s1. The Hall–Kier alpha value is -5.00. The highest BCUT2D eigenvalue weighted by atomic mass is 19.4. The third-order valence-corrected chi connectivity index (χ3v) is 12.3. The maximum absolute atomic E-state index is 15.3. The summed E-state index contributed by atoms with van der Waals surface area (Å²) in [6.07, 6.45) is -31.2. The van der Waals surface area contributed by atoms with Crippen molar-refractivity contribution in [3.63, 3.8) is 0 Å². The fourth-order valence-corrected chi connectivity index (χ4v) is 7.54. The molecule has 2 aliphatic rings. The maximum atomic E-state index is 15.3. The van der Waals surface area contributed by atoms with E-state index in [0.29, 0.717) is 0 Å². The molecule has 0 spiro atoms. The van der Waals surface area contributed by atoms with Crippen LogP contribution in [0.4, 0.5) is 149 Å². The molecule has 0 amide bonds. The van der Waals surface area contributed by atoms with Crippen LogP contribution in [0.15, 0.2) is 70.6 Å². The number of rotatable bonds is 24. The van der Waals surface area contributed by atoms with Crippen LogP contribution >= 0.6 is 0 Å². The second kappa shape index (κ2) is 20.2. The summed E-state index contributed by atoms with van der Waals surface area (Å²) >= 11 is 0. The average molecular weight is 1230 g/mol. The van der Waals surface area contributed by atoms with Crippen LogP contribution in [0, 0.1) is 5.41 Å². The summed E-state index contributed by atoms with van der Waals surface area (Å²) in [5.41, 5.74) is -3.28. The van der Waals surface area contributed by atoms with Crippen molar-refractivity contribution in [3.8, 4) is 0 Å². The van der Waals surface area contributed by atoms with E-state index in [0.717, 1.165) is 0 Å². The quantitative estimate of drug-likeness (QED) is 0.0983. The van der Waals surface area contributed by atoms with Gasteiger partial charge in [0.15, 0.2) is 11.8 Å². The smallest absolute Gasteiger partial charge is 0.460 e. The van der Waals surface area contributed by atoms with E-state index in [1.807, 2.05) is 0 Å². The van der Waals surface area contributed by atoms with E-state index in [4.69, 9.17) is 9.47 Å². The highest BCUT2D eigenvalue weighted by Gasteiger charge is 2.97. The van der Waals surface area contributed by atoms with Gasteiger partial charge in [0.05, 0.1) is 0 Å². The molecule has 2 aliphatic heterocycles. The topological polar surface area (TPSA) is 43.2 Å². The van der Waals surface area contributed by atoms with Crippen LogP contribution in [0.1, 0.15) is 61.7 Å². The first-order valence-corrected chi connectivity index (χ1v) is 21.0. The molecule has 0 radical (unpaired) electrons. The normalized spacial score (nSPS) is 19.1. The second-order valence-electron chi connectivity index (χ2n) is 17.4. The molecule has 0 saturated carbocycles. The maximum Gasteiger partial charge on any atom is 0.460 e. The van der Waals surface area contributed by atoms with Gasteiger partial charge in [-0.2, -0.15) is 149 Å². The molecule has 4 rings (SSSR count). The van der Waals surface area contributed by atoms with E-state index in [-0.39, 0.29) is 11.1 Å². The van der Waals surface area contributed by atoms with Gasteiger partial charge < -0.3 is 9.47 Å². The molecule has 2 atom stereocenters. The molecule has 0 unspecified atom stereocenters. The summed E-state index contributed by atoms with van der Waals surface area (Å²) in [5.74, 6) is -122. The Bertz CT molecular complexity index is 2330. The number of hydrogen-bond donors (Lipinski definition) is 0. The third kappa shape index (κ3) is 10.1. The van der Waals surface area contributed by atoms with Crippen molar-refractivity contribution >= 4 is 11.8 Å². The molecule has 79 heavy (non-hydrogen) atoms. The Kier molecular flexibility index (Phi) is 17.0. The summed E-state index contributed by atoms with van der Waals surface area (Å²) < 4.78 is 489. The number of benzene rings is 2. The Morgan fingerprint density at radius 1 is 0.304 bits per heavy atom. The van der Waals surface area contributed by atoms with Crippen molar-refractivity contribution in [3.05, 3.63) is 71.8 Å². The summed E-state index contributed by atoms with van der Waals surface area (Å²) in [6.45, 7) is -1.78. The number of alkyl halides is 34. The van der Waals surface area contributed by atoms with Crippen molar-refractivity contribution in [2.24, 2.45) is 15.4 Å². The highest BCUT2D eigenvalue weighted by Crippen LogP contribution is 2.67. The fraction of sp³-hybridized carbons (Fsp3) is 0.659. The first-order valence-electron chi connectivity index (χ1n) is 21.0. The van der Waals surface area contributed by atoms with Crippen LogP contribution in [-0.2, 0) is 9.47 Å². The summed E-state index contributed by atoms with van der Waals surface area (Å²) in [4.78, 5) is 7.90. The first-order chi connectivity index (χ1) is 35.1. The van der Waals surface area contributed by atoms with Gasteiger partial charge in [0, 0.05) is 12.8 Å². The van der Waals surface area contributed by atoms with Crippen LogP contribution in [0.5, 0.6) is 0 Å². The minimum absolute atomic E-state index is 0.00254. The molecule has 0 bridgehead atoms. The lowest BCUT2D eigenvalue weighted by Gasteiger charge is -2.43. The Morgan fingerprint density at radius 2 is 0.532 bits per heavy atom. The average Bonchev–Trinajstić information content (AvgIpc) is 4.02. The Balaban J connectivity index is 1.86. The van der Waals surface area contributed by atoms with Crippen LogP contribution in [0.25, 0.3) is 0 Å². The third-order valence-electron chi connectivity index (χ3n) is 12.3. The SMILES string of the molecule is FC(F)(F)C(F)(F)C(F)(F)C(F)(F)C(F)(F)C(F)(F)C(F)(F)C(F)(F)CCCC(CCCC(F)(F)C(F)(F)C(F)(F)C(F)(F)C(F)(F)C(F)(F)C(F)(F)C(F)(F)F)(C1=N[C@H](c2ccccc2)CO1)C1=N[C@H](c2ccccc2)CO1. The van der Waals surface area contributed by atoms with E-state index in [2.05, 4.69) is 9.98 Å².